The highest BCUT2D eigenvalue weighted by Gasteiger charge is 2.17. The van der Waals surface area contributed by atoms with Gasteiger partial charge in [0, 0.05) is 25.8 Å². The number of nitrogens with zero attached hydrogens (tertiary/aromatic N) is 1. The third-order valence-corrected chi connectivity index (χ3v) is 2.55. The first-order valence-electron chi connectivity index (χ1n) is 5.21. The fourth-order valence-electron chi connectivity index (χ4n) is 1.57. The fraction of sp³-hybridized carbons (Fsp3) is 0.417. The van der Waals surface area contributed by atoms with Gasteiger partial charge in [0.25, 0.3) is 0 Å². The van der Waals surface area contributed by atoms with E-state index < -0.39 is 23.5 Å². The molecule has 0 aromatic heterocycles. The molecule has 0 amide bonds. The van der Waals surface area contributed by atoms with Crippen LogP contribution in [0.1, 0.15) is 12.5 Å². The first-order chi connectivity index (χ1) is 7.82. The molecule has 1 N–H and O–H groups in total. The van der Waals surface area contributed by atoms with Crippen LogP contribution in [0.3, 0.4) is 0 Å². The van der Waals surface area contributed by atoms with Crippen LogP contribution in [0, 0.1) is 17.6 Å². The van der Waals surface area contributed by atoms with Gasteiger partial charge in [-0.3, -0.25) is 4.79 Å². The number of benzene rings is 1. The number of hydrogen-bond donors (Lipinski definition) is 1. The zero-order valence-corrected chi connectivity index (χ0v) is 10.00. The van der Waals surface area contributed by atoms with E-state index in [1.54, 1.807) is 19.0 Å². The van der Waals surface area contributed by atoms with Crippen LogP contribution in [0.4, 0.5) is 14.5 Å². The first kappa shape index (κ1) is 13.4. The summed E-state index contributed by atoms with van der Waals surface area (Å²) in [5, 5.41) is 8.82. The number of halogens is 2. The van der Waals surface area contributed by atoms with E-state index in [1.165, 1.54) is 6.92 Å². The summed E-state index contributed by atoms with van der Waals surface area (Å²) in [7, 11) is 3.39. The minimum absolute atomic E-state index is 0.167. The number of carboxylic acids is 1. The summed E-state index contributed by atoms with van der Waals surface area (Å²) in [4.78, 5) is 12.4. The lowest BCUT2D eigenvalue weighted by molar-refractivity contribution is -0.141. The highest BCUT2D eigenvalue weighted by atomic mass is 19.2. The van der Waals surface area contributed by atoms with Gasteiger partial charge in [0.1, 0.15) is 0 Å². The van der Waals surface area contributed by atoms with Gasteiger partial charge in [0.2, 0.25) is 0 Å². The van der Waals surface area contributed by atoms with Crippen molar-refractivity contribution in [3.8, 4) is 0 Å². The van der Waals surface area contributed by atoms with E-state index in [0.717, 1.165) is 12.1 Å². The fourth-order valence-corrected chi connectivity index (χ4v) is 1.57. The maximum atomic E-state index is 13.1. The Morgan fingerprint density at radius 1 is 1.35 bits per heavy atom. The number of carboxylic acid groups (broad SMARTS) is 1. The summed E-state index contributed by atoms with van der Waals surface area (Å²) in [6.07, 6.45) is 0.167. The van der Waals surface area contributed by atoms with Crippen molar-refractivity contribution in [3.63, 3.8) is 0 Å². The molecular formula is C12H15F2NO2. The SMILES string of the molecule is CC(Cc1cc(F)c(F)cc1N(C)C)C(=O)O. The summed E-state index contributed by atoms with van der Waals surface area (Å²) in [6.45, 7) is 1.53. The van der Waals surface area contributed by atoms with Gasteiger partial charge in [-0.25, -0.2) is 8.78 Å². The average molecular weight is 243 g/mol. The molecule has 0 heterocycles. The maximum Gasteiger partial charge on any atom is 0.306 e. The van der Waals surface area contributed by atoms with E-state index in [1.807, 2.05) is 0 Å². The molecule has 0 aliphatic carbocycles. The molecule has 1 aromatic rings. The van der Waals surface area contributed by atoms with Crippen molar-refractivity contribution in [2.24, 2.45) is 5.92 Å². The van der Waals surface area contributed by atoms with Crippen molar-refractivity contribution in [2.45, 2.75) is 13.3 Å². The summed E-state index contributed by atoms with van der Waals surface area (Å²) in [5.74, 6) is -3.48. The topological polar surface area (TPSA) is 40.5 Å². The van der Waals surface area contributed by atoms with E-state index in [0.29, 0.717) is 11.3 Å². The van der Waals surface area contributed by atoms with Gasteiger partial charge >= 0.3 is 5.97 Å². The van der Waals surface area contributed by atoms with Gasteiger partial charge in [-0.2, -0.15) is 0 Å². The van der Waals surface area contributed by atoms with E-state index in [4.69, 9.17) is 5.11 Å². The van der Waals surface area contributed by atoms with Crippen LogP contribution in [0.25, 0.3) is 0 Å². The Labute approximate surface area is 98.7 Å². The summed E-state index contributed by atoms with van der Waals surface area (Å²) in [6, 6.07) is 2.14. The van der Waals surface area contributed by atoms with Crippen LogP contribution in [-0.2, 0) is 11.2 Å². The average Bonchev–Trinajstić information content (AvgIpc) is 2.22. The van der Waals surface area contributed by atoms with Crippen molar-refractivity contribution in [1.82, 2.24) is 0 Å². The quantitative estimate of drug-likeness (QED) is 0.882. The normalized spacial score (nSPS) is 12.3. The minimum atomic E-state index is -0.959. The molecule has 5 heteroatoms. The molecule has 0 radical (unpaired) electrons. The second kappa shape index (κ2) is 5.12. The first-order valence-corrected chi connectivity index (χ1v) is 5.21. The predicted octanol–water partition coefficient (Wildman–Crippen LogP) is 2.29. The molecule has 1 aromatic carbocycles. The molecule has 94 valence electrons. The number of hydrogen-bond acceptors (Lipinski definition) is 2. The van der Waals surface area contributed by atoms with Gasteiger partial charge in [0.15, 0.2) is 11.6 Å². The van der Waals surface area contributed by atoms with Gasteiger partial charge < -0.3 is 10.0 Å². The largest absolute Gasteiger partial charge is 0.481 e. The van der Waals surface area contributed by atoms with Gasteiger partial charge in [0.05, 0.1) is 5.92 Å². The Morgan fingerprint density at radius 2 is 1.88 bits per heavy atom. The summed E-state index contributed by atoms with van der Waals surface area (Å²) >= 11 is 0. The zero-order valence-electron chi connectivity index (χ0n) is 10.00. The van der Waals surface area contributed by atoms with E-state index in [2.05, 4.69) is 0 Å². The Hall–Kier alpha value is -1.65. The van der Waals surface area contributed by atoms with Gasteiger partial charge in [-0.15, -0.1) is 0 Å². The van der Waals surface area contributed by atoms with E-state index >= 15 is 0 Å². The van der Waals surface area contributed by atoms with Gasteiger partial charge in [-0.1, -0.05) is 6.92 Å². The molecule has 0 aliphatic heterocycles. The van der Waals surface area contributed by atoms with Crippen molar-refractivity contribution in [1.29, 1.82) is 0 Å². The van der Waals surface area contributed by atoms with Crippen molar-refractivity contribution in [3.05, 3.63) is 29.3 Å². The third kappa shape index (κ3) is 3.15. The van der Waals surface area contributed by atoms with Crippen LogP contribution in [0.5, 0.6) is 0 Å². The highest BCUT2D eigenvalue weighted by Crippen LogP contribution is 2.25. The van der Waals surface area contributed by atoms with Crippen molar-refractivity contribution < 1.29 is 18.7 Å². The number of carbonyl (C=O) groups is 1. The van der Waals surface area contributed by atoms with Crippen LogP contribution in [-0.4, -0.2) is 25.2 Å². The molecule has 0 saturated carbocycles. The Kier molecular flexibility index (Phi) is 4.04. The van der Waals surface area contributed by atoms with E-state index in [-0.39, 0.29) is 6.42 Å². The van der Waals surface area contributed by atoms with Crippen molar-refractivity contribution >= 4 is 11.7 Å². The minimum Gasteiger partial charge on any atom is -0.481 e. The molecule has 17 heavy (non-hydrogen) atoms. The van der Waals surface area contributed by atoms with Crippen LogP contribution >= 0.6 is 0 Å². The second-order valence-electron chi connectivity index (χ2n) is 4.23. The Balaban J connectivity index is 3.12. The molecule has 0 aliphatic rings. The number of anilines is 1. The Bertz CT molecular complexity index is 433. The predicted molar refractivity (Wildman–Crippen MR) is 61.2 cm³/mol. The summed E-state index contributed by atoms with van der Waals surface area (Å²) < 4.78 is 26.2. The monoisotopic (exact) mass is 243 g/mol. The van der Waals surface area contributed by atoms with Gasteiger partial charge in [-0.05, 0) is 18.1 Å². The molecular weight excluding hydrogens is 228 g/mol. The lowest BCUT2D eigenvalue weighted by Gasteiger charge is -2.19. The molecule has 1 rings (SSSR count). The lowest BCUT2D eigenvalue weighted by atomic mass is 9.99. The Morgan fingerprint density at radius 3 is 2.35 bits per heavy atom. The molecule has 0 saturated heterocycles. The molecule has 0 spiro atoms. The lowest BCUT2D eigenvalue weighted by Crippen LogP contribution is -2.17. The van der Waals surface area contributed by atoms with Crippen LogP contribution in [0.2, 0.25) is 0 Å². The molecule has 1 atom stereocenters. The van der Waals surface area contributed by atoms with Crippen molar-refractivity contribution in [2.75, 3.05) is 19.0 Å². The maximum absolute atomic E-state index is 13.1. The standard InChI is InChI=1S/C12H15F2NO2/c1-7(12(16)17)4-8-5-9(13)10(14)6-11(8)15(2)3/h5-7H,4H2,1-3H3,(H,16,17). The second-order valence-corrected chi connectivity index (χ2v) is 4.23. The van der Waals surface area contributed by atoms with Crippen LogP contribution < -0.4 is 4.90 Å². The van der Waals surface area contributed by atoms with E-state index in [9.17, 15) is 13.6 Å². The molecule has 1 unspecified atom stereocenters. The third-order valence-electron chi connectivity index (χ3n) is 2.55. The summed E-state index contributed by atoms with van der Waals surface area (Å²) in [5.41, 5.74) is 0.987. The number of rotatable bonds is 4. The molecule has 0 fully saturated rings. The zero-order chi connectivity index (χ0) is 13.2. The van der Waals surface area contributed by atoms with Crippen LogP contribution in [0.15, 0.2) is 12.1 Å². The highest BCUT2D eigenvalue weighted by molar-refractivity contribution is 5.70. The molecule has 3 nitrogen and oxygen atoms in total. The number of aliphatic carboxylic acids is 1. The molecule has 0 bridgehead atoms. The smallest absolute Gasteiger partial charge is 0.306 e.